The summed E-state index contributed by atoms with van der Waals surface area (Å²) < 4.78 is 6.58. The molecule has 0 saturated heterocycles. The number of carbonyl (C=O) groups excluding carboxylic acids is 2. The minimum absolute atomic E-state index is 0.0898. The van der Waals surface area contributed by atoms with E-state index in [9.17, 15) is 9.59 Å². The number of rotatable bonds is 9. The largest absolute Gasteiger partial charge is 0.482 e. The summed E-state index contributed by atoms with van der Waals surface area (Å²) in [5, 5.41) is 3.62. The second-order valence-corrected chi connectivity index (χ2v) is 9.90. The average Bonchev–Trinajstić information content (AvgIpc) is 2.80. The topological polar surface area (TPSA) is 58.6 Å². The lowest BCUT2D eigenvalue weighted by Crippen LogP contribution is -2.52. The number of ether oxygens (including phenoxy) is 1. The van der Waals surface area contributed by atoms with Crippen LogP contribution < -0.4 is 10.1 Å². The van der Waals surface area contributed by atoms with Gasteiger partial charge in [0.1, 0.15) is 11.8 Å². The van der Waals surface area contributed by atoms with E-state index in [-0.39, 0.29) is 24.5 Å². The predicted molar refractivity (Wildman–Crippen MR) is 135 cm³/mol. The third kappa shape index (κ3) is 7.21. The van der Waals surface area contributed by atoms with Gasteiger partial charge in [-0.3, -0.25) is 9.59 Å². The lowest BCUT2D eigenvalue weighted by atomic mass is 9.95. The molecule has 1 aliphatic carbocycles. The van der Waals surface area contributed by atoms with Gasteiger partial charge in [0.25, 0.3) is 5.91 Å². The first-order valence-corrected chi connectivity index (χ1v) is 12.8. The normalized spacial score (nSPS) is 15.0. The van der Waals surface area contributed by atoms with E-state index in [1.807, 2.05) is 44.2 Å². The first-order valence-electron chi connectivity index (χ1n) is 11.6. The van der Waals surface area contributed by atoms with Crippen molar-refractivity contribution >= 4 is 39.3 Å². The molecule has 178 valence electrons. The van der Waals surface area contributed by atoms with Gasteiger partial charge in [-0.25, -0.2) is 0 Å². The number of amides is 2. The molecule has 0 heterocycles. The molecule has 2 amide bonds. The summed E-state index contributed by atoms with van der Waals surface area (Å²) in [7, 11) is 0. The summed E-state index contributed by atoms with van der Waals surface area (Å²) in [6, 6.07) is 12.8. The van der Waals surface area contributed by atoms with Gasteiger partial charge in [-0.2, -0.15) is 0 Å². The molecule has 0 unspecified atom stereocenters. The van der Waals surface area contributed by atoms with Crippen LogP contribution in [0.25, 0.3) is 0 Å². The smallest absolute Gasteiger partial charge is 0.261 e. The molecule has 2 aromatic carbocycles. The van der Waals surface area contributed by atoms with Crippen molar-refractivity contribution in [2.24, 2.45) is 0 Å². The quantitative estimate of drug-likeness (QED) is 0.425. The van der Waals surface area contributed by atoms with Crippen molar-refractivity contribution in [2.75, 3.05) is 6.61 Å². The van der Waals surface area contributed by atoms with Crippen molar-refractivity contribution in [1.82, 2.24) is 10.2 Å². The van der Waals surface area contributed by atoms with E-state index >= 15 is 0 Å². The number of hydrogen-bond acceptors (Lipinski definition) is 3. The first-order chi connectivity index (χ1) is 15.9. The zero-order valence-electron chi connectivity index (χ0n) is 19.3. The van der Waals surface area contributed by atoms with Crippen molar-refractivity contribution in [2.45, 2.75) is 71.0 Å². The van der Waals surface area contributed by atoms with Crippen LogP contribution in [0.3, 0.4) is 0 Å². The second-order valence-electron chi connectivity index (χ2n) is 8.58. The zero-order valence-corrected chi connectivity index (χ0v) is 21.6. The van der Waals surface area contributed by atoms with Crippen molar-refractivity contribution in [3.63, 3.8) is 0 Å². The van der Waals surface area contributed by atoms with E-state index in [1.54, 1.807) is 17.0 Å². The van der Waals surface area contributed by atoms with Gasteiger partial charge < -0.3 is 15.0 Å². The van der Waals surface area contributed by atoms with Gasteiger partial charge in [-0.05, 0) is 55.5 Å². The Kier molecular flexibility index (Phi) is 9.63. The number of halogens is 2. The summed E-state index contributed by atoms with van der Waals surface area (Å²) in [4.78, 5) is 28.3. The van der Waals surface area contributed by atoms with Crippen molar-refractivity contribution in [3.05, 3.63) is 63.1 Å². The molecule has 3 rings (SSSR count). The monoisotopic (exact) mass is 534 g/mol. The number of benzene rings is 2. The van der Waals surface area contributed by atoms with Crippen molar-refractivity contribution < 1.29 is 14.3 Å². The molecule has 1 aliphatic rings. The molecule has 0 spiro atoms. The zero-order chi connectivity index (χ0) is 23.8. The Bertz CT molecular complexity index is 962. The predicted octanol–water partition coefficient (Wildman–Crippen LogP) is 6.05. The van der Waals surface area contributed by atoms with E-state index < -0.39 is 6.04 Å². The van der Waals surface area contributed by atoms with Crippen molar-refractivity contribution in [1.29, 1.82) is 0 Å². The van der Waals surface area contributed by atoms with Crippen molar-refractivity contribution in [3.8, 4) is 5.75 Å². The van der Waals surface area contributed by atoms with E-state index in [4.69, 9.17) is 16.3 Å². The van der Waals surface area contributed by atoms with E-state index in [1.165, 1.54) is 6.42 Å². The minimum Gasteiger partial charge on any atom is -0.482 e. The summed E-state index contributed by atoms with van der Waals surface area (Å²) in [6.07, 6.45) is 6.01. The number of nitrogens with one attached hydrogen (secondary N) is 1. The van der Waals surface area contributed by atoms with Crippen LogP contribution in [0, 0.1) is 6.92 Å². The Morgan fingerprint density at radius 3 is 2.58 bits per heavy atom. The Morgan fingerprint density at radius 1 is 1.18 bits per heavy atom. The van der Waals surface area contributed by atoms with Crippen LogP contribution in [0.2, 0.25) is 5.02 Å². The Balaban J connectivity index is 1.78. The highest BCUT2D eigenvalue weighted by molar-refractivity contribution is 9.10. The third-order valence-electron chi connectivity index (χ3n) is 6.18. The minimum atomic E-state index is -0.567. The Labute approximate surface area is 210 Å². The molecule has 0 aromatic heterocycles. The molecular formula is C26H32BrClN2O3. The van der Waals surface area contributed by atoms with Crippen LogP contribution >= 0.6 is 27.5 Å². The highest BCUT2D eigenvalue weighted by Gasteiger charge is 2.31. The average molecular weight is 536 g/mol. The van der Waals surface area contributed by atoms with Gasteiger partial charge in [0, 0.05) is 17.1 Å². The molecule has 1 fully saturated rings. The maximum Gasteiger partial charge on any atom is 0.261 e. The molecule has 1 saturated carbocycles. The second kappa shape index (κ2) is 12.4. The summed E-state index contributed by atoms with van der Waals surface area (Å²) in [5.74, 6) is 0.0969. The highest BCUT2D eigenvalue weighted by atomic mass is 79.9. The number of hydrogen-bond donors (Lipinski definition) is 1. The van der Waals surface area contributed by atoms with E-state index in [2.05, 4.69) is 21.2 Å². The Hall–Kier alpha value is -2.05. The number of carbonyl (C=O) groups is 2. The van der Waals surface area contributed by atoms with Gasteiger partial charge in [0.05, 0.1) is 5.02 Å². The molecule has 1 N–H and O–H groups in total. The molecule has 0 radical (unpaired) electrons. The van der Waals surface area contributed by atoms with Gasteiger partial charge in [-0.1, -0.05) is 78.0 Å². The standard InChI is InChI=1S/C26H32BrClN2O3/c1-3-23(26(32)29-21-11-5-4-6-12-21)30(16-19-10-8-7-9-18(19)2)25(31)17-33-24-14-13-20(27)15-22(24)28/h7-10,13-15,21,23H,3-6,11-12,16-17H2,1-2H3,(H,29,32)/t23-/m0/s1. The molecule has 7 heteroatoms. The fraction of sp³-hybridized carbons (Fsp3) is 0.462. The number of aryl methyl sites for hydroxylation is 1. The van der Waals surface area contributed by atoms with Crippen LogP contribution in [0.5, 0.6) is 5.75 Å². The fourth-order valence-corrected chi connectivity index (χ4v) is 4.98. The summed E-state index contributed by atoms with van der Waals surface area (Å²) in [5.41, 5.74) is 2.09. The molecule has 5 nitrogen and oxygen atoms in total. The summed E-state index contributed by atoms with van der Waals surface area (Å²) >= 11 is 9.62. The van der Waals surface area contributed by atoms with E-state index in [0.29, 0.717) is 23.7 Å². The maximum atomic E-state index is 13.4. The van der Waals surface area contributed by atoms with Crippen LogP contribution in [0.1, 0.15) is 56.6 Å². The van der Waals surface area contributed by atoms with Crippen LogP contribution in [-0.4, -0.2) is 35.4 Å². The first kappa shape index (κ1) is 25.6. The molecule has 0 aliphatic heterocycles. The van der Waals surface area contributed by atoms with Gasteiger partial charge in [0.2, 0.25) is 5.91 Å². The Morgan fingerprint density at radius 2 is 1.91 bits per heavy atom. The van der Waals surface area contributed by atoms with E-state index in [0.717, 1.165) is 41.3 Å². The van der Waals surface area contributed by atoms with Crippen LogP contribution in [0.15, 0.2) is 46.9 Å². The number of nitrogens with zero attached hydrogens (tertiary/aromatic N) is 1. The van der Waals surface area contributed by atoms with Gasteiger partial charge in [-0.15, -0.1) is 0 Å². The van der Waals surface area contributed by atoms with Gasteiger partial charge in [0.15, 0.2) is 6.61 Å². The maximum absolute atomic E-state index is 13.4. The van der Waals surface area contributed by atoms with Crippen LogP contribution in [-0.2, 0) is 16.1 Å². The summed E-state index contributed by atoms with van der Waals surface area (Å²) in [6.45, 7) is 4.11. The molecular weight excluding hydrogens is 504 g/mol. The fourth-order valence-electron chi connectivity index (χ4n) is 4.25. The SMILES string of the molecule is CC[C@@H](C(=O)NC1CCCCC1)N(Cc1ccccc1C)C(=O)COc1ccc(Br)cc1Cl. The molecule has 1 atom stereocenters. The lowest BCUT2D eigenvalue weighted by molar-refractivity contribution is -0.143. The molecule has 2 aromatic rings. The van der Waals surface area contributed by atoms with Gasteiger partial charge >= 0.3 is 0 Å². The third-order valence-corrected chi connectivity index (χ3v) is 6.97. The lowest BCUT2D eigenvalue weighted by Gasteiger charge is -2.33. The molecule has 0 bridgehead atoms. The van der Waals surface area contributed by atoms with Crippen LogP contribution in [0.4, 0.5) is 0 Å². The highest BCUT2D eigenvalue weighted by Crippen LogP contribution is 2.28. The molecule has 33 heavy (non-hydrogen) atoms.